The van der Waals surface area contributed by atoms with E-state index in [-0.39, 0.29) is 0 Å². The summed E-state index contributed by atoms with van der Waals surface area (Å²) in [5, 5.41) is 2.49. The number of hydrogen-bond donors (Lipinski definition) is 0. The molecule has 2 heterocycles. The Hall–Kier alpha value is -1.33. The molecule has 0 saturated carbocycles. The Kier molecular flexibility index (Phi) is 6.96. The Morgan fingerprint density at radius 2 is 1.97 bits per heavy atom. The maximum absolute atomic E-state index is 6.40. The predicted octanol–water partition coefficient (Wildman–Crippen LogP) is 6.95. The van der Waals surface area contributed by atoms with E-state index in [0.29, 0.717) is 10.9 Å². The monoisotopic (exact) mass is 448 g/mol. The van der Waals surface area contributed by atoms with Gasteiger partial charge >= 0.3 is 0 Å². The first kappa shape index (κ1) is 20.9. The van der Waals surface area contributed by atoms with Crippen molar-refractivity contribution >= 4 is 44.8 Å². The highest BCUT2D eigenvalue weighted by molar-refractivity contribution is 7.18. The van der Waals surface area contributed by atoms with Gasteiger partial charge in [0.1, 0.15) is 5.75 Å². The molecule has 0 bridgehead atoms. The molecule has 0 N–H and O–H groups in total. The molecule has 1 fully saturated rings. The van der Waals surface area contributed by atoms with E-state index in [1.165, 1.54) is 10.3 Å². The van der Waals surface area contributed by atoms with Gasteiger partial charge in [-0.05, 0) is 81.9 Å². The van der Waals surface area contributed by atoms with Crippen LogP contribution in [0.25, 0.3) is 10.2 Å². The van der Waals surface area contributed by atoms with Crippen LogP contribution in [0.5, 0.6) is 5.75 Å². The molecule has 0 atom stereocenters. The van der Waals surface area contributed by atoms with Crippen molar-refractivity contribution in [3.8, 4) is 5.75 Å². The van der Waals surface area contributed by atoms with Crippen molar-refractivity contribution in [1.82, 2.24) is 9.88 Å². The van der Waals surface area contributed by atoms with Gasteiger partial charge in [0.15, 0.2) is 0 Å². The quantitative estimate of drug-likeness (QED) is 0.365. The fraction of sp³-hybridized carbons (Fsp3) is 0.435. The van der Waals surface area contributed by atoms with Crippen molar-refractivity contribution in [2.24, 2.45) is 0 Å². The van der Waals surface area contributed by atoms with Crippen molar-refractivity contribution in [3.05, 3.63) is 57.0 Å². The normalized spacial score (nSPS) is 15.8. The average Bonchev–Trinajstić information content (AvgIpc) is 3.10. The molecule has 1 aromatic heterocycles. The standard InChI is InChI=1S/C23H26Cl2N2OS/c1-16-26-21-15-18(7-8-22(21)29-16)28-14-3-2-11-27-12-9-17(10-13-27)19-5-4-6-20(24)23(19)25/h4-8,15,17H,2-3,9-14H2,1H3. The van der Waals surface area contributed by atoms with Gasteiger partial charge in [0.25, 0.3) is 0 Å². The fourth-order valence-corrected chi connectivity index (χ4v) is 5.31. The molecule has 3 aromatic rings. The molecule has 154 valence electrons. The van der Waals surface area contributed by atoms with Crippen molar-refractivity contribution in [3.63, 3.8) is 0 Å². The summed E-state index contributed by atoms with van der Waals surface area (Å²) in [6.45, 7) is 6.16. The number of nitrogens with zero attached hydrogens (tertiary/aromatic N) is 2. The number of likely N-dealkylation sites (tertiary alicyclic amines) is 1. The minimum atomic E-state index is 0.519. The van der Waals surface area contributed by atoms with Crippen LogP contribution in [-0.4, -0.2) is 36.1 Å². The van der Waals surface area contributed by atoms with E-state index < -0.39 is 0 Å². The summed E-state index contributed by atoms with van der Waals surface area (Å²) in [5.41, 5.74) is 2.24. The van der Waals surface area contributed by atoms with Crippen molar-refractivity contribution in [1.29, 1.82) is 0 Å². The first-order valence-electron chi connectivity index (χ1n) is 10.3. The Morgan fingerprint density at radius 3 is 2.79 bits per heavy atom. The lowest BCUT2D eigenvalue weighted by Gasteiger charge is -2.32. The molecule has 2 aromatic carbocycles. The number of hydrogen-bond acceptors (Lipinski definition) is 4. The number of piperidine rings is 1. The third-order valence-corrected chi connectivity index (χ3v) is 7.40. The summed E-state index contributed by atoms with van der Waals surface area (Å²) in [6.07, 6.45) is 4.50. The third-order valence-electron chi connectivity index (χ3n) is 5.61. The number of fused-ring (bicyclic) bond motifs is 1. The van der Waals surface area contributed by atoms with Gasteiger partial charge in [0.2, 0.25) is 0 Å². The second-order valence-corrected chi connectivity index (χ2v) is 9.70. The summed E-state index contributed by atoms with van der Waals surface area (Å²) < 4.78 is 7.15. The van der Waals surface area contributed by atoms with E-state index in [4.69, 9.17) is 27.9 Å². The smallest absolute Gasteiger partial charge is 0.121 e. The lowest BCUT2D eigenvalue weighted by molar-refractivity contribution is 0.202. The summed E-state index contributed by atoms with van der Waals surface area (Å²) in [6, 6.07) is 12.2. The molecular formula is C23H26Cl2N2OS. The van der Waals surface area contributed by atoms with Crippen molar-refractivity contribution in [2.75, 3.05) is 26.2 Å². The molecule has 0 amide bonds. The van der Waals surface area contributed by atoms with Crippen LogP contribution in [0, 0.1) is 6.92 Å². The molecule has 0 radical (unpaired) electrons. The highest BCUT2D eigenvalue weighted by Gasteiger charge is 2.22. The molecule has 29 heavy (non-hydrogen) atoms. The van der Waals surface area contributed by atoms with Gasteiger partial charge in [-0.1, -0.05) is 35.3 Å². The van der Waals surface area contributed by atoms with E-state index >= 15 is 0 Å². The first-order chi connectivity index (χ1) is 14.1. The molecule has 1 saturated heterocycles. The molecule has 6 heteroatoms. The number of aromatic nitrogens is 1. The number of benzene rings is 2. The van der Waals surface area contributed by atoms with Gasteiger partial charge in [-0.2, -0.15) is 0 Å². The SMILES string of the molecule is Cc1nc2cc(OCCCCN3CCC(c4cccc(Cl)c4Cl)CC3)ccc2s1. The average molecular weight is 449 g/mol. The number of ether oxygens (including phenoxy) is 1. The van der Waals surface area contributed by atoms with Gasteiger partial charge in [-0.3, -0.25) is 0 Å². The second kappa shape index (κ2) is 9.65. The predicted molar refractivity (Wildman–Crippen MR) is 124 cm³/mol. The number of thiazole rings is 1. The molecule has 4 rings (SSSR count). The van der Waals surface area contributed by atoms with E-state index in [9.17, 15) is 0 Å². The molecule has 1 aliphatic heterocycles. The lowest BCUT2D eigenvalue weighted by atomic mass is 9.89. The molecule has 0 aliphatic carbocycles. The lowest BCUT2D eigenvalue weighted by Crippen LogP contribution is -2.33. The van der Waals surface area contributed by atoms with Gasteiger partial charge in [0, 0.05) is 6.07 Å². The van der Waals surface area contributed by atoms with Crippen LogP contribution in [0.1, 0.15) is 42.2 Å². The van der Waals surface area contributed by atoms with E-state index in [0.717, 1.165) is 73.2 Å². The molecule has 3 nitrogen and oxygen atoms in total. The Morgan fingerprint density at radius 1 is 1.14 bits per heavy atom. The highest BCUT2D eigenvalue weighted by Crippen LogP contribution is 2.36. The van der Waals surface area contributed by atoms with E-state index in [2.05, 4.69) is 22.0 Å². The first-order valence-corrected chi connectivity index (χ1v) is 11.8. The summed E-state index contributed by atoms with van der Waals surface area (Å²) in [7, 11) is 0. The summed E-state index contributed by atoms with van der Waals surface area (Å²) in [5.74, 6) is 1.44. The Bertz CT molecular complexity index is 967. The molecule has 1 aliphatic rings. The number of rotatable bonds is 7. The third kappa shape index (κ3) is 5.24. The van der Waals surface area contributed by atoms with Gasteiger partial charge < -0.3 is 9.64 Å². The molecular weight excluding hydrogens is 423 g/mol. The van der Waals surface area contributed by atoms with Gasteiger partial charge in [-0.15, -0.1) is 11.3 Å². The summed E-state index contributed by atoms with van der Waals surface area (Å²) in [4.78, 5) is 7.09. The minimum absolute atomic E-state index is 0.519. The Labute approximate surface area is 186 Å². The van der Waals surface area contributed by atoms with Crippen LogP contribution in [0.2, 0.25) is 10.0 Å². The summed E-state index contributed by atoms with van der Waals surface area (Å²) >= 11 is 14.3. The van der Waals surface area contributed by atoms with Crippen molar-refractivity contribution < 1.29 is 4.74 Å². The number of unbranched alkanes of at least 4 members (excludes halogenated alkanes) is 1. The maximum atomic E-state index is 6.40. The topological polar surface area (TPSA) is 25.4 Å². The van der Waals surface area contributed by atoms with E-state index in [1.807, 2.05) is 31.2 Å². The zero-order valence-electron chi connectivity index (χ0n) is 16.7. The largest absolute Gasteiger partial charge is 0.494 e. The van der Waals surface area contributed by atoms with Gasteiger partial charge in [-0.25, -0.2) is 4.98 Å². The number of halogens is 2. The number of aryl methyl sites for hydroxylation is 1. The maximum Gasteiger partial charge on any atom is 0.121 e. The van der Waals surface area contributed by atoms with Crippen LogP contribution in [0.3, 0.4) is 0 Å². The second-order valence-electron chi connectivity index (χ2n) is 7.68. The van der Waals surface area contributed by atoms with Crippen LogP contribution < -0.4 is 4.74 Å². The van der Waals surface area contributed by atoms with Crippen LogP contribution >= 0.6 is 34.5 Å². The van der Waals surface area contributed by atoms with E-state index in [1.54, 1.807) is 11.3 Å². The van der Waals surface area contributed by atoms with Crippen LogP contribution in [0.15, 0.2) is 36.4 Å². The zero-order chi connectivity index (χ0) is 20.2. The van der Waals surface area contributed by atoms with Gasteiger partial charge in [0.05, 0.1) is 31.9 Å². The minimum Gasteiger partial charge on any atom is -0.494 e. The highest BCUT2D eigenvalue weighted by atomic mass is 35.5. The molecule has 0 unspecified atom stereocenters. The molecule has 0 spiro atoms. The Balaban J connectivity index is 1.16. The van der Waals surface area contributed by atoms with Crippen molar-refractivity contribution in [2.45, 2.75) is 38.5 Å². The van der Waals surface area contributed by atoms with Crippen LogP contribution in [-0.2, 0) is 0 Å². The zero-order valence-corrected chi connectivity index (χ0v) is 19.0. The van der Waals surface area contributed by atoms with Crippen LogP contribution in [0.4, 0.5) is 0 Å². The fourth-order valence-electron chi connectivity index (χ4n) is 4.04.